The molecule has 2 heterocycles. The van der Waals surface area contributed by atoms with Gasteiger partial charge in [-0.05, 0) is 72.8 Å². The Bertz CT molecular complexity index is 1000. The topological polar surface area (TPSA) is 87.2 Å². The van der Waals surface area contributed by atoms with Gasteiger partial charge >= 0.3 is 0 Å². The van der Waals surface area contributed by atoms with Crippen molar-refractivity contribution in [2.24, 2.45) is 20.5 Å². The van der Waals surface area contributed by atoms with Crippen LogP contribution < -0.4 is 5.32 Å². The van der Waals surface area contributed by atoms with Gasteiger partial charge in [-0.3, -0.25) is 0 Å². The van der Waals surface area contributed by atoms with Gasteiger partial charge in [0.2, 0.25) is 0 Å². The van der Waals surface area contributed by atoms with E-state index in [-0.39, 0.29) is 0 Å². The number of nitrogens with one attached hydrogen (secondary N) is 1. The third kappa shape index (κ3) is 5.36. The monoisotopic (exact) mass is 379 g/mol. The van der Waals surface area contributed by atoms with Crippen molar-refractivity contribution in [3.05, 3.63) is 97.3 Å². The maximum atomic E-state index is 4.19. The predicted molar refractivity (Wildman–Crippen MR) is 113 cm³/mol. The second-order valence-electron chi connectivity index (χ2n) is 5.99. The maximum Gasteiger partial charge on any atom is 0.174 e. The van der Waals surface area contributed by atoms with Crippen LogP contribution in [-0.4, -0.2) is 9.97 Å². The molecule has 1 N–H and O–H groups in total. The van der Waals surface area contributed by atoms with E-state index in [9.17, 15) is 0 Å². The van der Waals surface area contributed by atoms with Crippen LogP contribution >= 0.6 is 0 Å². The third-order valence-electron chi connectivity index (χ3n) is 3.86. The van der Waals surface area contributed by atoms with Crippen LogP contribution in [0, 0.1) is 0 Å². The van der Waals surface area contributed by atoms with E-state index >= 15 is 0 Å². The standard InChI is InChI=1S/C22H17N7/c1-3-15-23-21(5-1)28-26-19-11-7-17(8-12-19)25-18-9-13-20(14-10-18)27-29-22-6-2-4-16-24-22/h1-16,25H. The van der Waals surface area contributed by atoms with Gasteiger partial charge in [0.05, 0.1) is 11.4 Å². The first-order chi connectivity index (χ1) is 14.3. The van der Waals surface area contributed by atoms with Gasteiger partial charge in [0.25, 0.3) is 0 Å². The SMILES string of the molecule is c1ccc(N=Nc2ccc(Nc3ccc(N=Nc4ccccn4)cc3)cc2)nc1. The van der Waals surface area contributed by atoms with Gasteiger partial charge in [0.1, 0.15) is 0 Å². The van der Waals surface area contributed by atoms with E-state index in [1.807, 2.05) is 72.8 Å². The van der Waals surface area contributed by atoms with Gasteiger partial charge in [-0.1, -0.05) is 12.1 Å². The lowest BCUT2D eigenvalue weighted by Crippen LogP contribution is -1.88. The molecule has 7 nitrogen and oxygen atoms in total. The molecule has 2 aromatic carbocycles. The smallest absolute Gasteiger partial charge is 0.174 e. The molecule has 140 valence electrons. The number of hydrogen-bond donors (Lipinski definition) is 1. The molecule has 0 aliphatic carbocycles. The number of azo groups is 2. The summed E-state index contributed by atoms with van der Waals surface area (Å²) < 4.78 is 0. The number of nitrogens with zero attached hydrogens (tertiary/aromatic N) is 6. The van der Waals surface area contributed by atoms with Gasteiger partial charge < -0.3 is 5.32 Å². The maximum absolute atomic E-state index is 4.19. The molecule has 0 fully saturated rings. The van der Waals surface area contributed by atoms with E-state index in [4.69, 9.17) is 0 Å². The Hall–Kier alpha value is -4.26. The highest BCUT2D eigenvalue weighted by molar-refractivity contribution is 5.63. The summed E-state index contributed by atoms with van der Waals surface area (Å²) in [6.45, 7) is 0. The summed E-state index contributed by atoms with van der Waals surface area (Å²) in [5, 5.41) is 19.9. The van der Waals surface area contributed by atoms with Crippen molar-refractivity contribution in [1.82, 2.24) is 9.97 Å². The van der Waals surface area contributed by atoms with E-state index < -0.39 is 0 Å². The second-order valence-corrected chi connectivity index (χ2v) is 5.99. The molecule has 0 aliphatic rings. The Morgan fingerprint density at radius 3 is 1.31 bits per heavy atom. The highest BCUT2D eigenvalue weighted by atomic mass is 15.1. The lowest BCUT2D eigenvalue weighted by atomic mass is 10.2. The molecule has 29 heavy (non-hydrogen) atoms. The number of rotatable bonds is 6. The predicted octanol–water partition coefficient (Wildman–Crippen LogP) is 7.05. The van der Waals surface area contributed by atoms with Crippen molar-refractivity contribution in [2.75, 3.05) is 5.32 Å². The fourth-order valence-electron chi connectivity index (χ4n) is 2.43. The minimum atomic E-state index is 0.579. The van der Waals surface area contributed by atoms with Crippen molar-refractivity contribution in [1.29, 1.82) is 0 Å². The number of pyridine rings is 2. The van der Waals surface area contributed by atoms with Crippen molar-refractivity contribution in [2.45, 2.75) is 0 Å². The molecule has 0 saturated heterocycles. The highest BCUT2D eigenvalue weighted by Gasteiger charge is 1.97. The summed E-state index contributed by atoms with van der Waals surface area (Å²) in [5.41, 5.74) is 3.41. The van der Waals surface area contributed by atoms with E-state index in [2.05, 4.69) is 35.7 Å². The minimum absolute atomic E-state index is 0.579. The Labute approximate surface area is 167 Å². The van der Waals surface area contributed by atoms with Crippen LogP contribution in [0.4, 0.5) is 34.4 Å². The van der Waals surface area contributed by atoms with Gasteiger partial charge in [-0.15, -0.1) is 20.5 Å². The average molecular weight is 379 g/mol. The fourth-order valence-corrected chi connectivity index (χ4v) is 2.43. The van der Waals surface area contributed by atoms with Crippen molar-refractivity contribution >= 4 is 34.4 Å². The lowest BCUT2D eigenvalue weighted by molar-refractivity contribution is 1.15. The Morgan fingerprint density at radius 1 is 0.483 bits per heavy atom. The van der Waals surface area contributed by atoms with Crippen LogP contribution in [0.2, 0.25) is 0 Å². The van der Waals surface area contributed by atoms with E-state index in [0.29, 0.717) is 11.6 Å². The number of hydrogen-bond acceptors (Lipinski definition) is 7. The lowest BCUT2D eigenvalue weighted by Gasteiger charge is -2.06. The Kier molecular flexibility index (Phi) is 5.68. The molecular weight excluding hydrogens is 362 g/mol. The van der Waals surface area contributed by atoms with E-state index in [0.717, 1.165) is 22.7 Å². The summed E-state index contributed by atoms with van der Waals surface area (Å²) in [7, 11) is 0. The molecular formula is C22H17N7. The molecule has 0 bridgehead atoms. The van der Waals surface area contributed by atoms with Gasteiger partial charge in [-0.25, -0.2) is 9.97 Å². The molecule has 0 radical (unpaired) electrons. The normalized spacial score (nSPS) is 11.2. The molecule has 0 unspecified atom stereocenters. The summed E-state index contributed by atoms with van der Waals surface area (Å²) in [6, 6.07) is 26.4. The first kappa shape index (κ1) is 18.1. The van der Waals surface area contributed by atoms with Crippen LogP contribution in [0.5, 0.6) is 0 Å². The van der Waals surface area contributed by atoms with Crippen LogP contribution in [0.15, 0.2) is 118 Å². The zero-order valence-corrected chi connectivity index (χ0v) is 15.4. The first-order valence-electron chi connectivity index (χ1n) is 8.98. The zero-order chi connectivity index (χ0) is 19.7. The molecule has 7 heteroatoms. The van der Waals surface area contributed by atoms with Crippen LogP contribution in [0.25, 0.3) is 0 Å². The van der Waals surface area contributed by atoms with Crippen LogP contribution in [-0.2, 0) is 0 Å². The summed E-state index contributed by atoms with van der Waals surface area (Å²) in [4.78, 5) is 8.23. The average Bonchev–Trinajstić information content (AvgIpc) is 2.80. The summed E-state index contributed by atoms with van der Waals surface area (Å²) in [6.07, 6.45) is 3.37. The van der Waals surface area contributed by atoms with Crippen LogP contribution in [0.1, 0.15) is 0 Å². The van der Waals surface area contributed by atoms with Crippen molar-refractivity contribution in [3.8, 4) is 0 Å². The number of anilines is 2. The molecule has 4 aromatic rings. The molecule has 0 amide bonds. The number of benzene rings is 2. The van der Waals surface area contributed by atoms with Crippen molar-refractivity contribution in [3.63, 3.8) is 0 Å². The van der Waals surface area contributed by atoms with Crippen LogP contribution in [0.3, 0.4) is 0 Å². The van der Waals surface area contributed by atoms with Crippen molar-refractivity contribution < 1.29 is 0 Å². The Balaban J connectivity index is 1.36. The number of aromatic nitrogens is 2. The minimum Gasteiger partial charge on any atom is -0.356 e. The molecule has 0 spiro atoms. The first-order valence-corrected chi connectivity index (χ1v) is 8.98. The molecule has 4 rings (SSSR count). The molecule has 0 aliphatic heterocycles. The summed E-state index contributed by atoms with van der Waals surface area (Å²) >= 11 is 0. The summed E-state index contributed by atoms with van der Waals surface area (Å²) in [5.74, 6) is 1.16. The highest BCUT2D eigenvalue weighted by Crippen LogP contribution is 2.24. The van der Waals surface area contributed by atoms with Gasteiger partial charge in [-0.2, -0.15) is 0 Å². The second kappa shape index (κ2) is 9.09. The van der Waals surface area contributed by atoms with E-state index in [1.165, 1.54) is 0 Å². The molecule has 2 aromatic heterocycles. The molecule has 0 atom stereocenters. The quantitative estimate of drug-likeness (QED) is 0.364. The van der Waals surface area contributed by atoms with E-state index in [1.54, 1.807) is 24.5 Å². The van der Waals surface area contributed by atoms with Gasteiger partial charge in [0.15, 0.2) is 11.6 Å². The largest absolute Gasteiger partial charge is 0.356 e. The van der Waals surface area contributed by atoms with Gasteiger partial charge in [0, 0.05) is 23.8 Å². The molecule has 0 saturated carbocycles. The fraction of sp³-hybridized carbons (Fsp3) is 0. The Morgan fingerprint density at radius 2 is 0.931 bits per heavy atom. The zero-order valence-electron chi connectivity index (χ0n) is 15.4. The third-order valence-corrected chi connectivity index (χ3v) is 3.86.